The Morgan fingerprint density at radius 1 is 1.53 bits per heavy atom. The van der Waals surface area contributed by atoms with Gasteiger partial charge in [0.05, 0.1) is 6.54 Å². The lowest BCUT2D eigenvalue weighted by molar-refractivity contribution is -0.131. The number of hydrogen-bond donors (Lipinski definition) is 1. The van der Waals surface area contributed by atoms with Crippen LogP contribution in [0.4, 0.5) is 0 Å². The summed E-state index contributed by atoms with van der Waals surface area (Å²) in [5.74, 6) is 0.251. The van der Waals surface area contributed by atoms with Crippen molar-refractivity contribution < 1.29 is 4.79 Å². The van der Waals surface area contributed by atoms with E-state index in [0.717, 1.165) is 19.5 Å². The number of amides is 1. The van der Waals surface area contributed by atoms with E-state index < -0.39 is 0 Å². The highest BCUT2D eigenvalue weighted by Gasteiger charge is 2.38. The standard InChI is InChI=1S/C14H21N3OS/c1-2-16-7-3-5-11(10-16)17-13(18)9-15-14(17)12-6-4-8-19-12/h4,6,8,11,14-15H,2-3,5,7,9-10H2,1H3. The largest absolute Gasteiger partial charge is 0.317 e. The van der Waals surface area contributed by atoms with Crippen molar-refractivity contribution in [2.45, 2.75) is 32.0 Å². The van der Waals surface area contributed by atoms with Gasteiger partial charge in [0.1, 0.15) is 6.17 Å². The minimum absolute atomic E-state index is 0.0920. The second-order valence-electron chi connectivity index (χ2n) is 5.29. The molecule has 1 N–H and O–H groups in total. The Bertz CT molecular complexity index is 434. The van der Waals surface area contributed by atoms with Crippen molar-refractivity contribution in [3.63, 3.8) is 0 Å². The van der Waals surface area contributed by atoms with E-state index in [4.69, 9.17) is 0 Å². The van der Waals surface area contributed by atoms with Crippen LogP contribution in [-0.2, 0) is 4.79 Å². The molecule has 0 bridgehead atoms. The summed E-state index contributed by atoms with van der Waals surface area (Å²) in [7, 11) is 0. The fourth-order valence-corrected chi connectivity index (χ4v) is 3.96. The third kappa shape index (κ3) is 2.55. The molecule has 4 nitrogen and oxygen atoms in total. The maximum atomic E-state index is 12.2. The van der Waals surface area contributed by atoms with Gasteiger partial charge in [-0.3, -0.25) is 10.1 Å². The molecule has 0 aliphatic carbocycles. The molecule has 2 aliphatic rings. The van der Waals surface area contributed by atoms with Crippen LogP contribution < -0.4 is 5.32 Å². The van der Waals surface area contributed by atoms with Gasteiger partial charge in [-0.2, -0.15) is 0 Å². The number of nitrogens with zero attached hydrogens (tertiary/aromatic N) is 2. The number of nitrogens with one attached hydrogen (secondary N) is 1. The topological polar surface area (TPSA) is 35.6 Å². The van der Waals surface area contributed by atoms with Gasteiger partial charge in [-0.1, -0.05) is 13.0 Å². The molecule has 2 fully saturated rings. The lowest BCUT2D eigenvalue weighted by Crippen LogP contribution is -2.49. The molecule has 0 spiro atoms. The van der Waals surface area contributed by atoms with Crippen LogP contribution in [0.1, 0.15) is 30.8 Å². The smallest absolute Gasteiger partial charge is 0.238 e. The van der Waals surface area contributed by atoms with Crippen LogP contribution >= 0.6 is 11.3 Å². The molecule has 0 saturated carbocycles. The number of thiophene rings is 1. The maximum absolute atomic E-state index is 12.2. The second kappa shape index (κ2) is 5.61. The van der Waals surface area contributed by atoms with E-state index >= 15 is 0 Å². The van der Waals surface area contributed by atoms with Gasteiger partial charge >= 0.3 is 0 Å². The van der Waals surface area contributed by atoms with E-state index in [0.29, 0.717) is 12.6 Å². The third-order valence-corrected chi connectivity index (χ3v) is 5.07. The zero-order valence-electron chi connectivity index (χ0n) is 11.3. The number of likely N-dealkylation sites (N-methyl/N-ethyl adjacent to an activating group) is 1. The molecule has 0 radical (unpaired) electrons. The first kappa shape index (κ1) is 13.1. The van der Waals surface area contributed by atoms with Gasteiger partial charge in [0.25, 0.3) is 0 Å². The lowest BCUT2D eigenvalue weighted by Gasteiger charge is -2.39. The minimum Gasteiger partial charge on any atom is -0.317 e. The fourth-order valence-electron chi connectivity index (χ4n) is 3.16. The molecule has 1 aromatic rings. The van der Waals surface area contributed by atoms with Crippen molar-refractivity contribution in [1.29, 1.82) is 0 Å². The van der Waals surface area contributed by atoms with E-state index in [1.807, 2.05) is 0 Å². The summed E-state index contributed by atoms with van der Waals surface area (Å²) < 4.78 is 0. The highest BCUT2D eigenvalue weighted by atomic mass is 32.1. The van der Waals surface area contributed by atoms with Crippen LogP contribution in [0.5, 0.6) is 0 Å². The highest BCUT2D eigenvalue weighted by Crippen LogP contribution is 2.30. The first-order valence-corrected chi connectivity index (χ1v) is 7.98. The third-order valence-electron chi connectivity index (χ3n) is 4.15. The molecule has 3 heterocycles. The maximum Gasteiger partial charge on any atom is 0.238 e. The molecule has 3 rings (SSSR count). The molecule has 2 aliphatic heterocycles. The van der Waals surface area contributed by atoms with Gasteiger partial charge in [0.15, 0.2) is 0 Å². The quantitative estimate of drug-likeness (QED) is 0.914. The van der Waals surface area contributed by atoms with Gasteiger partial charge in [-0.05, 0) is 37.4 Å². The summed E-state index contributed by atoms with van der Waals surface area (Å²) in [4.78, 5) is 18.0. The van der Waals surface area contributed by atoms with Crippen LogP contribution in [0.15, 0.2) is 17.5 Å². The monoisotopic (exact) mass is 279 g/mol. The number of likely N-dealkylation sites (tertiary alicyclic amines) is 1. The summed E-state index contributed by atoms with van der Waals surface area (Å²) in [5.41, 5.74) is 0. The Morgan fingerprint density at radius 3 is 3.16 bits per heavy atom. The number of carbonyl (C=O) groups excluding carboxylic acids is 1. The van der Waals surface area contributed by atoms with Gasteiger partial charge in [-0.25, -0.2) is 0 Å². The Hall–Kier alpha value is -0.910. The van der Waals surface area contributed by atoms with E-state index in [1.165, 1.54) is 17.8 Å². The molecule has 104 valence electrons. The van der Waals surface area contributed by atoms with Crippen molar-refractivity contribution in [3.05, 3.63) is 22.4 Å². The molecule has 5 heteroatoms. The minimum atomic E-state index is 0.0920. The molecule has 1 amide bonds. The normalized spacial score (nSPS) is 29.1. The van der Waals surface area contributed by atoms with Crippen molar-refractivity contribution in [3.8, 4) is 0 Å². The van der Waals surface area contributed by atoms with Crippen LogP contribution in [0.25, 0.3) is 0 Å². The number of rotatable bonds is 3. The Labute approximate surface area is 118 Å². The average molecular weight is 279 g/mol. The summed E-state index contributed by atoms with van der Waals surface area (Å²) in [6.07, 6.45) is 2.42. The summed E-state index contributed by atoms with van der Waals surface area (Å²) in [5, 5.41) is 5.44. The molecular formula is C14H21N3OS. The first-order chi connectivity index (χ1) is 9.29. The Morgan fingerprint density at radius 2 is 2.42 bits per heavy atom. The zero-order chi connectivity index (χ0) is 13.2. The highest BCUT2D eigenvalue weighted by molar-refractivity contribution is 7.10. The van der Waals surface area contributed by atoms with Gasteiger partial charge < -0.3 is 9.80 Å². The van der Waals surface area contributed by atoms with E-state index in [1.54, 1.807) is 11.3 Å². The second-order valence-corrected chi connectivity index (χ2v) is 6.27. The lowest BCUT2D eigenvalue weighted by atomic mass is 10.0. The molecule has 1 aromatic heterocycles. The van der Waals surface area contributed by atoms with E-state index in [2.05, 4.69) is 39.6 Å². The predicted octanol–water partition coefficient (Wildman–Crippen LogP) is 1.66. The van der Waals surface area contributed by atoms with Crippen LogP contribution in [0, 0.1) is 0 Å². The van der Waals surface area contributed by atoms with Crippen molar-refractivity contribution in [1.82, 2.24) is 15.1 Å². The van der Waals surface area contributed by atoms with Crippen molar-refractivity contribution in [2.75, 3.05) is 26.2 Å². The summed E-state index contributed by atoms with van der Waals surface area (Å²) in [6, 6.07) is 4.54. The van der Waals surface area contributed by atoms with Gasteiger partial charge in [0.2, 0.25) is 5.91 Å². The van der Waals surface area contributed by atoms with Crippen LogP contribution in [0.3, 0.4) is 0 Å². The molecule has 0 aromatic carbocycles. The van der Waals surface area contributed by atoms with Crippen LogP contribution in [0.2, 0.25) is 0 Å². The summed E-state index contributed by atoms with van der Waals surface area (Å²) in [6.45, 7) is 5.95. The van der Waals surface area contributed by atoms with E-state index in [9.17, 15) is 4.79 Å². The van der Waals surface area contributed by atoms with Crippen molar-refractivity contribution >= 4 is 17.2 Å². The molecule has 2 saturated heterocycles. The first-order valence-electron chi connectivity index (χ1n) is 7.10. The SMILES string of the molecule is CCN1CCCC(N2C(=O)CNC2c2cccs2)C1. The van der Waals surface area contributed by atoms with Gasteiger partial charge in [0, 0.05) is 17.5 Å². The number of piperidine rings is 1. The van der Waals surface area contributed by atoms with E-state index in [-0.39, 0.29) is 12.1 Å². The molecule has 2 atom stereocenters. The Balaban J connectivity index is 1.78. The number of hydrogen-bond acceptors (Lipinski definition) is 4. The van der Waals surface area contributed by atoms with Crippen molar-refractivity contribution in [2.24, 2.45) is 0 Å². The molecule has 19 heavy (non-hydrogen) atoms. The van der Waals surface area contributed by atoms with Gasteiger partial charge in [-0.15, -0.1) is 11.3 Å². The Kier molecular flexibility index (Phi) is 3.86. The zero-order valence-corrected chi connectivity index (χ0v) is 12.2. The fraction of sp³-hybridized carbons (Fsp3) is 0.643. The average Bonchev–Trinajstić information content (AvgIpc) is 3.07. The van der Waals surface area contributed by atoms with Crippen LogP contribution in [-0.4, -0.2) is 47.9 Å². The predicted molar refractivity (Wildman–Crippen MR) is 77.0 cm³/mol. The number of carbonyl (C=O) groups is 1. The molecular weight excluding hydrogens is 258 g/mol. The summed E-state index contributed by atoms with van der Waals surface area (Å²) >= 11 is 1.73. The molecule has 2 unspecified atom stereocenters.